The van der Waals surface area contributed by atoms with Gasteiger partial charge in [-0.25, -0.2) is 13.8 Å². The molecule has 2 aromatic rings. The van der Waals surface area contributed by atoms with E-state index in [0.717, 1.165) is 12.1 Å². The average molecular weight is 256 g/mol. The standard InChI is InChI=1S/C12H8ClF2NO/c13-10-5-4-7(6-16-10)12(17)11-8(14)2-1-3-9(11)15/h1-6,12,17H. The highest BCUT2D eigenvalue weighted by molar-refractivity contribution is 6.29. The van der Waals surface area contributed by atoms with Gasteiger partial charge >= 0.3 is 0 Å². The summed E-state index contributed by atoms with van der Waals surface area (Å²) in [7, 11) is 0. The van der Waals surface area contributed by atoms with E-state index in [9.17, 15) is 13.9 Å². The molecule has 0 bridgehead atoms. The van der Waals surface area contributed by atoms with Crippen molar-refractivity contribution in [1.82, 2.24) is 4.98 Å². The maximum atomic E-state index is 13.4. The van der Waals surface area contributed by atoms with E-state index in [2.05, 4.69) is 4.98 Å². The van der Waals surface area contributed by atoms with E-state index in [1.54, 1.807) is 0 Å². The summed E-state index contributed by atoms with van der Waals surface area (Å²) in [5.74, 6) is -1.60. The summed E-state index contributed by atoms with van der Waals surface area (Å²) >= 11 is 5.58. The van der Waals surface area contributed by atoms with Crippen molar-refractivity contribution >= 4 is 11.6 Å². The highest BCUT2D eigenvalue weighted by atomic mass is 35.5. The van der Waals surface area contributed by atoms with Crippen molar-refractivity contribution in [2.45, 2.75) is 6.10 Å². The zero-order valence-corrected chi connectivity index (χ0v) is 9.33. The summed E-state index contributed by atoms with van der Waals surface area (Å²) in [6, 6.07) is 6.32. The minimum atomic E-state index is -1.40. The number of hydrogen-bond acceptors (Lipinski definition) is 2. The number of aliphatic hydroxyl groups excluding tert-OH is 1. The van der Waals surface area contributed by atoms with Crippen molar-refractivity contribution in [2.75, 3.05) is 0 Å². The van der Waals surface area contributed by atoms with Gasteiger partial charge in [-0.15, -0.1) is 0 Å². The molecule has 1 aromatic carbocycles. The molecule has 0 saturated carbocycles. The fourth-order valence-corrected chi connectivity index (χ4v) is 1.60. The van der Waals surface area contributed by atoms with Crippen molar-refractivity contribution in [3.05, 3.63) is 64.4 Å². The molecular formula is C12H8ClF2NO. The van der Waals surface area contributed by atoms with Crippen LogP contribution < -0.4 is 0 Å². The first-order valence-corrected chi connectivity index (χ1v) is 5.21. The van der Waals surface area contributed by atoms with Crippen molar-refractivity contribution < 1.29 is 13.9 Å². The van der Waals surface area contributed by atoms with E-state index < -0.39 is 23.3 Å². The van der Waals surface area contributed by atoms with E-state index in [4.69, 9.17) is 11.6 Å². The van der Waals surface area contributed by atoms with Crippen molar-refractivity contribution in [3.63, 3.8) is 0 Å². The third-order valence-corrected chi connectivity index (χ3v) is 2.56. The number of benzene rings is 1. The number of hydrogen-bond donors (Lipinski definition) is 1. The second-order valence-corrected chi connectivity index (χ2v) is 3.84. The Hall–Kier alpha value is -1.52. The Kier molecular flexibility index (Phi) is 3.36. The van der Waals surface area contributed by atoms with E-state index in [1.165, 1.54) is 24.4 Å². The number of aromatic nitrogens is 1. The molecule has 0 saturated heterocycles. The van der Waals surface area contributed by atoms with Crippen LogP contribution in [0.25, 0.3) is 0 Å². The Morgan fingerprint density at radius 2 is 1.76 bits per heavy atom. The van der Waals surface area contributed by atoms with Crippen molar-refractivity contribution in [3.8, 4) is 0 Å². The predicted octanol–water partition coefficient (Wildman–Crippen LogP) is 3.09. The molecule has 0 spiro atoms. The lowest BCUT2D eigenvalue weighted by Gasteiger charge is -2.12. The van der Waals surface area contributed by atoms with E-state index in [0.29, 0.717) is 0 Å². The molecule has 2 rings (SSSR count). The van der Waals surface area contributed by atoms with Crippen LogP contribution in [0.2, 0.25) is 5.15 Å². The lowest BCUT2D eigenvalue weighted by atomic mass is 10.0. The van der Waals surface area contributed by atoms with Gasteiger partial charge < -0.3 is 5.11 Å². The zero-order chi connectivity index (χ0) is 12.4. The molecule has 17 heavy (non-hydrogen) atoms. The molecule has 1 unspecified atom stereocenters. The summed E-state index contributed by atoms with van der Waals surface area (Å²) in [5, 5.41) is 10.1. The number of aliphatic hydroxyl groups is 1. The molecule has 2 nitrogen and oxygen atoms in total. The molecular weight excluding hydrogens is 248 g/mol. The van der Waals surface area contributed by atoms with Crippen LogP contribution in [-0.2, 0) is 0 Å². The van der Waals surface area contributed by atoms with Crippen molar-refractivity contribution in [1.29, 1.82) is 0 Å². The van der Waals surface area contributed by atoms with Gasteiger partial charge in [0.25, 0.3) is 0 Å². The van der Waals surface area contributed by atoms with Gasteiger partial charge in [0.1, 0.15) is 22.9 Å². The molecule has 0 amide bonds. The van der Waals surface area contributed by atoms with E-state index in [1.807, 2.05) is 0 Å². The fraction of sp³-hybridized carbons (Fsp3) is 0.0833. The number of halogens is 3. The Morgan fingerprint density at radius 3 is 2.29 bits per heavy atom. The zero-order valence-electron chi connectivity index (χ0n) is 8.57. The molecule has 1 atom stereocenters. The minimum Gasteiger partial charge on any atom is -0.383 e. The van der Waals surface area contributed by atoms with Crippen molar-refractivity contribution in [2.24, 2.45) is 0 Å². The average Bonchev–Trinajstić information content (AvgIpc) is 2.29. The molecule has 0 aliphatic rings. The number of rotatable bonds is 2. The first-order valence-electron chi connectivity index (χ1n) is 4.83. The number of pyridine rings is 1. The van der Waals surface area contributed by atoms with Gasteiger partial charge in [-0.1, -0.05) is 23.7 Å². The molecule has 0 aliphatic heterocycles. The molecule has 0 fully saturated rings. The summed E-state index contributed by atoms with van der Waals surface area (Å²) in [6.45, 7) is 0. The van der Waals surface area contributed by atoms with Gasteiger partial charge in [0, 0.05) is 11.8 Å². The first-order chi connectivity index (χ1) is 8.09. The molecule has 5 heteroatoms. The first kappa shape index (κ1) is 12.0. The molecule has 0 aliphatic carbocycles. The van der Waals surface area contributed by atoms with Crippen LogP contribution in [0, 0.1) is 11.6 Å². The van der Waals surface area contributed by atoms with Gasteiger partial charge in [0.15, 0.2) is 0 Å². The Labute approximate surface area is 102 Å². The second kappa shape index (κ2) is 4.77. The van der Waals surface area contributed by atoms with Gasteiger partial charge in [-0.3, -0.25) is 0 Å². The Bertz CT molecular complexity index is 510. The van der Waals surface area contributed by atoms with Crippen LogP contribution in [0.15, 0.2) is 36.5 Å². The highest BCUT2D eigenvalue weighted by Crippen LogP contribution is 2.26. The van der Waals surface area contributed by atoms with Crippen LogP contribution in [0.3, 0.4) is 0 Å². The summed E-state index contributed by atoms with van der Waals surface area (Å²) < 4.78 is 26.8. The molecule has 88 valence electrons. The largest absolute Gasteiger partial charge is 0.383 e. The fourth-order valence-electron chi connectivity index (χ4n) is 1.49. The van der Waals surface area contributed by atoms with Gasteiger partial charge in [0.05, 0.1) is 5.56 Å². The monoisotopic (exact) mass is 255 g/mol. The van der Waals surface area contributed by atoms with Gasteiger partial charge in [0.2, 0.25) is 0 Å². The molecule has 1 aromatic heterocycles. The van der Waals surface area contributed by atoms with Crippen LogP contribution in [0.4, 0.5) is 8.78 Å². The van der Waals surface area contributed by atoms with Crippen LogP contribution in [0.5, 0.6) is 0 Å². The predicted molar refractivity (Wildman–Crippen MR) is 59.7 cm³/mol. The minimum absolute atomic E-state index is 0.245. The smallest absolute Gasteiger partial charge is 0.132 e. The molecule has 0 radical (unpaired) electrons. The Balaban J connectivity index is 2.43. The number of nitrogens with zero attached hydrogens (tertiary/aromatic N) is 1. The van der Waals surface area contributed by atoms with E-state index >= 15 is 0 Å². The van der Waals surface area contributed by atoms with Crippen LogP contribution >= 0.6 is 11.6 Å². The lowest BCUT2D eigenvalue weighted by Crippen LogP contribution is -2.06. The summed E-state index contributed by atoms with van der Waals surface area (Å²) in [6.07, 6.45) is -0.125. The van der Waals surface area contributed by atoms with Crippen LogP contribution in [-0.4, -0.2) is 10.1 Å². The maximum Gasteiger partial charge on any atom is 0.132 e. The Morgan fingerprint density at radius 1 is 1.12 bits per heavy atom. The normalized spacial score (nSPS) is 12.5. The quantitative estimate of drug-likeness (QED) is 0.837. The molecule has 1 N–H and O–H groups in total. The molecule has 1 heterocycles. The van der Waals surface area contributed by atoms with Crippen LogP contribution in [0.1, 0.15) is 17.2 Å². The lowest BCUT2D eigenvalue weighted by molar-refractivity contribution is 0.208. The third kappa shape index (κ3) is 2.43. The third-order valence-electron chi connectivity index (χ3n) is 2.34. The maximum absolute atomic E-state index is 13.4. The van der Waals surface area contributed by atoms with E-state index in [-0.39, 0.29) is 10.7 Å². The highest BCUT2D eigenvalue weighted by Gasteiger charge is 2.19. The van der Waals surface area contributed by atoms with Gasteiger partial charge in [-0.05, 0) is 18.2 Å². The topological polar surface area (TPSA) is 33.1 Å². The second-order valence-electron chi connectivity index (χ2n) is 3.45. The van der Waals surface area contributed by atoms with Gasteiger partial charge in [-0.2, -0.15) is 0 Å². The SMILES string of the molecule is OC(c1ccc(Cl)nc1)c1c(F)cccc1F. The summed E-state index contributed by atoms with van der Waals surface area (Å²) in [5.41, 5.74) is -0.116. The summed E-state index contributed by atoms with van der Waals surface area (Å²) in [4.78, 5) is 3.75.